The van der Waals surface area contributed by atoms with Gasteiger partial charge in [-0.3, -0.25) is 0 Å². The molecule has 0 spiro atoms. The minimum absolute atomic E-state index is 0. The highest BCUT2D eigenvalue weighted by atomic mass is 35.5. The molecular weight excluding hydrogens is 384 g/mol. The molecule has 1 fully saturated rings. The molecule has 3 aromatic rings. The van der Waals surface area contributed by atoms with E-state index in [9.17, 15) is 0 Å². The molecule has 0 bridgehead atoms. The highest BCUT2D eigenvalue weighted by Crippen LogP contribution is 2.34. The maximum atomic E-state index is 5.31. The molecule has 0 saturated heterocycles. The second-order valence-electron chi connectivity index (χ2n) is 7.81. The predicted molar refractivity (Wildman–Crippen MR) is 120 cm³/mol. The second kappa shape index (κ2) is 9.42. The van der Waals surface area contributed by atoms with Gasteiger partial charge in [0.1, 0.15) is 5.75 Å². The van der Waals surface area contributed by atoms with Gasteiger partial charge in [0.15, 0.2) is 11.6 Å². The SMILES string of the molecule is COc1ccc(-c2nc(-c3cccc(CN(C)C)c3)nn2C2CCCC2)cc1.Cl. The molecule has 2 aromatic carbocycles. The summed E-state index contributed by atoms with van der Waals surface area (Å²) in [5, 5.41) is 4.96. The molecule has 5 nitrogen and oxygen atoms in total. The zero-order valence-corrected chi connectivity index (χ0v) is 18.2. The van der Waals surface area contributed by atoms with E-state index in [1.54, 1.807) is 7.11 Å². The van der Waals surface area contributed by atoms with Crippen molar-refractivity contribution in [2.75, 3.05) is 21.2 Å². The largest absolute Gasteiger partial charge is 0.497 e. The molecule has 0 atom stereocenters. The fourth-order valence-corrected chi connectivity index (χ4v) is 3.96. The van der Waals surface area contributed by atoms with Gasteiger partial charge in [-0.05, 0) is 62.8 Å². The van der Waals surface area contributed by atoms with Crippen molar-refractivity contribution in [1.82, 2.24) is 19.7 Å². The van der Waals surface area contributed by atoms with E-state index in [2.05, 4.69) is 60.1 Å². The van der Waals surface area contributed by atoms with Gasteiger partial charge in [-0.25, -0.2) is 9.67 Å². The second-order valence-corrected chi connectivity index (χ2v) is 7.81. The summed E-state index contributed by atoms with van der Waals surface area (Å²) in [5.74, 6) is 2.60. The third kappa shape index (κ3) is 4.80. The van der Waals surface area contributed by atoms with E-state index >= 15 is 0 Å². The molecule has 1 aliphatic rings. The molecular formula is C23H29ClN4O. The van der Waals surface area contributed by atoms with Crippen molar-refractivity contribution >= 4 is 12.4 Å². The monoisotopic (exact) mass is 412 g/mol. The molecule has 1 aliphatic carbocycles. The summed E-state index contributed by atoms with van der Waals surface area (Å²) in [4.78, 5) is 7.14. The average Bonchev–Trinajstić information content (AvgIpc) is 3.37. The van der Waals surface area contributed by atoms with Gasteiger partial charge >= 0.3 is 0 Å². The quantitative estimate of drug-likeness (QED) is 0.556. The molecule has 0 amide bonds. The Hall–Kier alpha value is -2.37. The van der Waals surface area contributed by atoms with E-state index in [1.807, 2.05) is 12.1 Å². The summed E-state index contributed by atoms with van der Waals surface area (Å²) >= 11 is 0. The Kier molecular flexibility index (Phi) is 6.93. The lowest BCUT2D eigenvalue weighted by Gasteiger charge is -2.13. The van der Waals surface area contributed by atoms with E-state index < -0.39 is 0 Å². The number of rotatable bonds is 6. The third-order valence-electron chi connectivity index (χ3n) is 5.33. The third-order valence-corrected chi connectivity index (χ3v) is 5.33. The van der Waals surface area contributed by atoms with Crippen LogP contribution in [-0.4, -0.2) is 40.9 Å². The van der Waals surface area contributed by atoms with E-state index in [-0.39, 0.29) is 12.4 Å². The molecule has 0 N–H and O–H groups in total. The first kappa shape index (κ1) is 21.3. The van der Waals surface area contributed by atoms with Gasteiger partial charge < -0.3 is 9.64 Å². The zero-order valence-electron chi connectivity index (χ0n) is 17.3. The fourth-order valence-electron chi connectivity index (χ4n) is 3.96. The van der Waals surface area contributed by atoms with Gasteiger partial charge in [0.2, 0.25) is 0 Å². The van der Waals surface area contributed by atoms with Gasteiger partial charge in [-0.2, -0.15) is 5.10 Å². The van der Waals surface area contributed by atoms with Crippen molar-refractivity contribution in [3.8, 4) is 28.5 Å². The number of halogens is 1. The standard InChI is InChI=1S/C23H28N4O.ClH/c1-26(2)16-17-7-6-8-19(15-17)22-24-23(18-11-13-21(28-3)14-12-18)27(25-22)20-9-4-5-10-20;/h6-8,11-15,20H,4-5,9-10,16H2,1-3H3;1H. The van der Waals surface area contributed by atoms with Crippen LogP contribution in [0.2, 0.25) is 0 Å². The lowest BCUT2D eigenvalue weighted by molar-refractivity contribution is 0.402. The highest BCUT2D eigenvalue weighted by Gasteiger charge is 2.23. The van der Waals surface area contributed by atoms with Crippen LogP contribution in [0.15, 0.2) is 48.5 Å². The summed E-state index contributed by atoms with van der Waals surface area (Å²) < 4.78 is 7.46. The first-order valence-electron chi connectivity index (χ1n) is 9.99. The molecule has 6 heteroatoms. The lowest BCUT2D eigenvalue weighted by Crippen LogP contribution is -2.10. The number of ether oxygens (including phenoxy) is 1. The predicted octanol–water partition coefficient (Wildman–Crippen LogP) is 5.22. The van der Waals surface area contributed by atoms with Crippen molar-refractivity contribution < 1.29 is 4.74 Å². The number of methoxy groups -OCH3 is 1. The molecule has 1 heterocycles. The van der Waals surface area contributed by atoms with Gasteiger partial charge in [-0.15, -0.1) is 12.4 Å². The smallest absolute Gasteiger partial charge is 0.181 e. The van der Waals surface area contributed by atoms with Crippen LogP contribution in [0.1, 0.15) is 37.3 Å². The molecule has 1 aromatic heterocycles. The summed E-state index contributed by atoms with van der Waals surface area (Å²) in [6.45, 7) is 0.905. The van der Waals surface area contributed by atoms with Crippen LogP contribution < -0.4 is 4.74 Å². The maximum absolute atomic E-state index is 5.31. The average molecular weight is 413 g/mol. The summed E-state index contributed by atoms with van der Waals surface area (Å²) in [6, 6.07) is 17.1. The maximum Gasteiger partial charge on any atom is 0.181 e. The Morgan fingerprint density at radius 3 is 2.41 bits per heavy atom. The Morgan fingerprint density at radius 1 is 1.03 bits per heavy atom. The van der Waals surface area contributed by atoms with Crippen LogP contribution in [-0.2, 0) is 6.54 Å². The summed E-state index contributed by atoms with van der Waals surface area (Å²) in [6.07, 6.45) is 4.87. The number of benzene rings is 2. The van der Waals surface area contributed by atoms with Crippen LogP contribution in [0.25, 0.3) is 22.8 Å². The normalized spacial score (nSPS) is 14.2. The van der Waals surface area contributed by atoms with Gasteiger partial charge in [0.05, 0.1) is 13.2 Å². The Labute approximate surface area is 179 Å². The highest BCUT2D eigenvalue weighted by molar-refractivity contribution is 5.85. The molecule has 0 aliphatic heterocycles. The first-order valence-corrected chi connectivity index (χ1v) is 9.99. The van der Waals surface area contributed by atoms with E-state index in [0.717, 1.165) is 35.1 Å². The molecule has 4 rings (SSSR count). The Morgan fingerprint density at radius 2 is 1.76 bits per heavy atom. The van der Waals surface area contributed by atoms with Crippen molar-refractivity contribution in [3.05, 3.63) is 54.1 Å². The van der Waals surface area contributed by atoms with Crippen LogP contribution in [0.3, 0.4) is 0 Å². The molecule has 29 heavy (non-hydrogen) atoms. The van der Waals surface area contributed by atoms with Crippen LogP contribution in [0.4, 0.5) is 0 Å². The van der Waals surface area contributed by atoms with Gasteiger partial charge in [0.25, 0.3) is 0 Å². The topological polar surface area (TPSA) is 43.2 Å². The van der Waals surface area contributed by atoms with Crippen LogP contribution >= 0.6 is 12.4 Å². The number of hydrogen-bond donors (Lipinski definition) is 0. The number of hydrogen-bond acceptors (Lipinski definition) is 4. The molecule has 154 valence electrons. The van der Waals surface area contributed by atoms with Gasteiger partial charge in [0, 0.05) is 17.7 Å². The first-order chi connectivity index (χ1) is 13.6. The number of aromatic nitrogens is 3. The fraction of sp³-hybridized carbons (Fsp3) is 0.391. The van der Waals surface area contributed by atoms with E-state index in [4.69, 9.17) is 14.8 Å². The van der Waals surface area contributed by atoms with Crippen LogP contribution in [0, 0.1) is 0 Å². The molecule has 0 unspecified atom stereocenters. The molecule has 0 radical (unpaired) electrons. The Bertz CT molecular complexity index is 930. The minimum atomic E-state index is 0. The Balaban J connectivity index is 0.00000240. The summed E-state index contributed by atoms with van der Waals surface area (Å²) in [7, 11) is 5.86. The van der Waals surface area contributed by atoms with Crippen molar-refractivity contribution in [2.24, 2.45) is 0 Å². The molecule has 1 saturated carbocycles. The van der Waals surface area contributed by atoms with E-state index in [1.165, 1.54) is 31.2 Å². The number of nitrogens with zero attached hydrogens (tertiary/aromatic N) is 4. The van der Waals surface area contributed by atoms with Crippen molar-refractivity contribution in [2.45, 2.75) is 38.3 Å². The zero-order chi connectivity index (χ0) is 19.5. The minimum Gasteiger partial charge on any atom is -0.497 e. The van der Waals surface area contributed by atoms with Crippen molar-refractivity contribution in [1.29, 1.82) is 0 Å². The summed E-state index contributed by atoms with van der Waals surface area (Å²) in [5.41, 5.74) is 3.42. The van der Waals surface area contributed by atoms with E-state index in [0.29, 0.717) is 6.04 Å². The van der Waals surface area contributed by atoms with Crippen LogP contribution in [0.5, 0.6) is 5.75 Å². The van der Waals surface area contributed by atoms with Gasteiger partial charge in [-0.1, -0.05) is 31.0 Å². The van der Waals surface area contributed by atoms with Crippen molar-refractivity contribution in [3.63, 3.8) is 0 Å². The lowest BCUT2D eigenvalue weighted by atomic mass is 10.1.